The van der Waals surface area contributed by atoms with Crippen LogP contribution in [0.5, 0.6) is 0 Å². The Kier molecular flexibility index (Phi) is 4.33. The van der Waals surface area contributed by atoms with Crippen LogP contribution in [0.3, 0.4) is 0 Å². The molecule has 12 heavy (non-hydrogen) atoms. The monoisotopic (exact) mass is 514 g/mol. The number of halogens is 4. The first-order chi connectivity index (χ1) is 5.46. The molecule has 0 amide bonds. The Balaban J connectivity index is 3.60. The third-order valence-corrected chi connectivity index (χ3v) is 8.10. The Labute approximate surface area is 116 Å². The van der Waals surface area contributed by atoms with E-state index in [0.717, 1.165) is 8.95 Å². The maximum absolute atomic E-state index is 3.56. The first kappa shape index (κ1) is 11.7. The molecule has 0 nitrogen and oxygen atoms in total. The van der Waals surface area contributed by atoms with Crippen LogP contribution in [0.4, 0.5) is 0 Å². The van der Waals surface area contributed by atoms with E-state index < -0.39 is 0 Å². The Morgan fingerprint density at radius 3 is 1.33 bits per heavy atom. The van der Waals surface area contributed by atoms with Crippen LogP contribution >= 0.6 is 77.0 Å². The van der Waals surface area contributed by atoms with Gasteiger partial charge in [-0.25, -0.2) is 0 Å². The standard InChI is InChI=1S/C8H6Br2I2/c1-3-4(2)8(12)6(10)5(9)7(3)11/h1-2H3. The molecule has 1 aromatic carbocycles. The van der Waals surface area contributed by atoms with Gasteiger partial charge in [-0.3, -0.25) is 0 Å². The molecular formula is C8H6Br2I2. The van der Waals surface area contributed by atoms with Crippen LogP contribution in [0.2, 0.25) is 0 Å². The zero-order valence-electron chi connectivity index (χ0n) is 6.51. The summed E-state index contributed by atoms with van der Waals surface area (Å²) in [5.41, 5.74) is 2.71. The summed E-state index contributed by atoms with van der Waals surface area (Å²) in [5.74, 6) is 0. The van der Waals surface area contributed by atoms with Crippen molar-refractivity contribution in [2.24, 2.45) is 0 Å². The second-order valence-corrected chi connectivity index (χ2v) is 6.25. The lowest BCUT2D eigenvalue weighted by Crippen LogP contribution is -1.93. The largest absolute Gasteiger partial charge is 0.0484 e. The van der Waals surface area contributed by atoms with Crippen molar-refractivity contribution in [2.45, 2.75) is 13.8 Å². The minimum absolute atomic E-state index is 1.16. The molecule has 0 aromatic heterocycles. The van der Waals surface area contributed by atoms with Crippen LogP contribution in [0.25, 0.3) is 0 Å². The van der Waals surface area contributed by atoms with Crippen LogP contribution in [-0.4, -0.2) is 0 Å². The summed E-state index contributed by atoms with van der Waals surface area (Å²) in [6.07, 6.45) is 0. The maximum atomic E-state index is 3.56. The van der Waals surface area contributed by atoms with E-state index in [2.05, 4.69) is 90.9 Å². The summed E-state index contributed by atoms with van der Waals surface area (Å²) in [7, 11) is 0. The van der Waals surface area contributed by atoms with E-state index in [4.69, 9.17) is 0 Å². The molecule has 66 valence electrons. The highest BCUT2D eigenvalue weighted by Crippen LogP contribution is 2.36. The van der Waals surface area contributed by atoms with Crippen molar-refractivity contribution < 1.29 is 0 Å². The van der Waals surface area contributed by atoms with E-state index in [-0.39, 0.29) is 0 Å². The molecule has 0 unspecified atom stereocenters. The van der Waals surface area contributed by atoms with Crippen LogP contribution in [0.15, 0.2) is 8.95 Å². The van der Waals surface area contributed by atoms with Gasteiger partial charge < -0.3 is 0 Å². The van der Waals surface area contributed by atoms with Gasteiger partial charge in [-0.1, -0.05) is 0 Å². The Hall–Kier alpha value is 1.64. The van der Waals surface area contributed by atoms with Crippen LogP contribution < -0.4 is 0 Å². The predicted molar refractivity (Wildman–Crippen MR) is 76.8 cm³/mol. The lowest BCUT2D eigenvalue weighted by atomic mass is 10.1. The van der Waals surface area contributed by atoms with Gasteiger partial charge >= 0.3 is 0 Å². The van der Waals surface area contributed by atoms with Crippen molar-refractivity contribution in [3.05, 3.63) is 27.2 Å². The van der Waals surface area contributed by atoms with Crippen LogP contribution in [-0.2, 0) is 0 Å². The summed E-state index contributed by atoms with van der Waals surface area (Å²) in [4.78, 5) is 0. The van der Waals surface area contributed by atoms with Crippen molar-refractivity contribution in [3.8, 4) is 0 Å². The van der Waals surface area contributed by atoms with Crippen molar-refractivity contribution in [1.29, 1.82) is 0 Å². The second-order valence-electron chi connectivity index (χ2n) is 2.51. The topological polar surface area (TPSA) is 0 Å². The predicted octanol–water partition coefficient (Wildman–Crippen LogP) is 5.04. The molecule has 4 heteroatoms. The summed E-state index contributed by atoms with van der Waals surface area (Å²) >= 11 is 11.8. The fraction of sp³-hybridized carbons (Fsp3) is 0.250. The highest BCUT2D eigenvalue weighted by Gasteiger charge is 2.12. The van der Waals surface area contributed by atoms with Gasteiger partial charge in [-0.15, -0.1) is 0 Å². The SMILES string of the molecule is Cc1c(C)c(I)c(Br)c(Br)c1I. The number of hydrogen-bond acceptors (Lipinski definition) is 0. The number of hydrogen-bond donors (Lipinski definition) is 0. The van der Waals surface area contributed by atoms with Gasteiger partial charge in [0, 0.05) is 16.1 Å². The number of benzene rings is 1. The highest BCUT2D eigenvalue weighted by atomic mass is 127. The van der Waals surface area contributed by atoms with Gasteiger partial charge in [-0.05, 0) is 102 Å². The van der Waals surface area contributed by atoms with E-state index in [9.17, 15) is 0 Å². The smallest absolute Gasteiger partial charge is 0.0464 e. The Bertz CT molecular complexity index is 229. The zero-order chi connectivity index (χ0) is 9.46. The van der Waals surface area contributed by atoms with Gasteiger partial charge in [0.15, 0.2) is 0 Å². The second kappa shape index (κ2) is 4.44. The molecule has 0 N–H and O–H groups in total. The maximum Gasteiger partial charge on any atom is 0.0464 e. The Morgan fingerprint density at radius 1 is 0.833 bits per heavy atom. The third-order valence-electron chi connectivity index (χ3n) is 1.80. The van der Waals surface area contributed by atoms with Gasteiger partial charge in [0.1, 0.15) is 0 Å². The number of rotatable bonds is 0. The normalized spacial score (nSPS) is 10.5. The van der Waals surface area contributed by atoms with E-state index in [1.54, 1.807) is 0 Å². The molecule has 0 fully saturated rings. The molecule has 0 aliphatic rings. The molecule has 0 spiro atoms. The fourth-order valence-electron chi connectivity index (χ4n) is 0.851. The average molecular weight is 516 g/mol. The van der Waals surface area contributed by atoms with E-state index in [0.29, 0.717) is 0 Å². The first-order valence-electron chi connectivity index (χ1n) is 3.26. The van der Waals surface area contributed by atoms with Gasteiger partial charge in [0.25, 0.3) is 0 Å². The molecule has 0 aliphatic carbocycles. The third kappa shape index (κ3) is 2.00. The van der Waals surface area contributed by atoms with Crippen LogP contribution in [0, 0.1) is 21.0 Å². The lowest BCUT2D eigenvalue weighted by Gasteiger charge is -2.10. The van der Waals surface area contributed by atoms with Crippen molar-refractivity contribution in [2.75, 3.05) is 0 Å². The lowest BCUT2D eigenvalue weighted by molar-refractivity contribution is 1.26. The molecule has 0 saturated carbocycles. The van der Waals surface area contributed by atoms with Crippen molar-refractivity contribution >= 4 is 77.0 Å². The zero-order valence-corrected chi connectivity index (χ0v) is 14.0. The molecule has 0 bridgehead atoms. The van der Waals surface area contributed by atoms with Crippen molar-refractivity contribution in [1.82, 2.24) is 0 Å². The van der Waals surface area contributed by atoms with Crippen molar-refractivity contribution in [3.63, 3.8) is 0 Å². The quantitative estimate of drug-likeness (QED) is 0.258. The highest BCUT2D eigenvalue weighted by molar-refractivity contribution is 14.1. The average Bonchev–Trinajstić information content (AvgIpc) is 2.08. The van der Waals surface area contributed by atoms with E-state index in [1.807, 2.05) is 0 Å². The summed E-state index contributed by atoms with van der Waals surface area (Å²) in [5, 5.41) is 0. The molecule has 0 radical (unpaired) electrons. The summed E-state index contributed by atoms with van der Waals surface area (Å²) < 4.78 is 4.90. The molecule has 0 aliphatic heterocycles. The van der Waals surface area contributed by atoms with E-state index in [1.165, 1.54) is 18.3 Å². The van der Waals surface area contributed by atoms with Crippen LogP contribution in [0.1, 0.15) is 11.1 Å². The van der Waals surface area contributed by atoms with E-state index >= 15 is 0 Å². The minimum Gasteiger partial charge on any atom is -0.0484 e. The summed E-state index contributed by atoms with van der Waals surface area (Å²) in [6, 6.07) is 0. The van der Waals surface area contributed by atoms with Gasteiger partial charge in [-0.2, -0.15) is 0 Å². The summed E-state index contributed by atoms with van der Waals surface area (Å²) in [6.45, 7) is 4.30. The van der Waals surface area contributed by atoms with Gasteiger partial charge in [0.2, 0.25) is 0 Å². The molecule has 0 atom stereocenters. The van der Waals surface area contributed by atoms with Gasteiger partial charge in [0.05, 0.1) is 0 Å². The first-order valence-corrected chi connectivity index (χ1v) is 7.00. The molecule has 0 saturated heterocycles. The fourth-order valence-corrected chi connectivity index (χ4v) is 3.93. The Morgan fingerprint density at radius 2 is 1.08 bits per heavy atom. The molecule has 1 rings (SSSR count). The molecular weight excluding hydrogens is 510 g/mol. The molecule has 0 heterocycles. The molecule has 1 aromatic rings. The minimum atomic E-state index is 1.16.